The highest BCUT2D eigenvalue weighted by molar-refractivity contribution is 6.06. The molecular weight excluding hydrogens is 532 g/mol. The average molecular weight is 559 g/mol. The molecular formula is C42H26N2. The van der Waals surface area contributed by atoms with Gasteiger partial charge in [-0.1, -0.05) is 115 Å². The van der Waals surface area contributed by atoms with E-state index in [1.807, 2.05) is 0 Å². The third kappa shape index (κ3) is 4.11. The number of hydrogen-bond acceptors (Lipinski definition) is 2. The fraction of sp³-hybridized carbons (Fsp3) is 0. The summed E-state index contributed by atoms with van der Waals surface area (Å²) in [6.45, 7) is 0. The standard InChI is InChI=1S/C42H26N2/c1-3-10-29-25-41-33(22-27(29)8-1)16-20-39(43-41)32-13-7-12-31(24-32)35-18-19-38(37-15-6-5-14-36(35)37)40-21-17-34-23-28-9-2-4-11-30(28)26-42(34)44-40/h1-26H. The van der Waals surface area contributed by atoms with Gasteiger partial charge in [-0.15, -0.1) is 0 Å². The molecule has 2 nitrogen and oxygen atoms in total. The Morgan fingerprint density at radius 3 is 1.45 bits per heavy atom. The molecule has 0 atom stereocenters. The topological polar surface area (TPSA) is 25.8 Å². The van der Waals surface area contributed by atoms with E-state index < -0.39 is 0 Å². The van der Waals surface area contributed by atoms with Crippen LogP contribution in [0.15, 0.2) is 158 Å². The Balaban J connectivity index is 1.14. The minimum Gasteiger partial charge on any atom is -0.248 e. The van der Waals surface area contributed by atoms with Crippen LogP contribution in [0.1, 0.15) is 0 Å². The van der Waals surface area contributed by atoms with Gasteiger partial charge in [0.1, 0.15) is 0 Å². The molecule has 0 aliphatic carbocycles. The summed E-state index contributed by atoms with van der Waals surface area (Å²) in [5.41, 5.74) is 8.59. The number of aromatic nitrogens is 2. The van der Waals surface area contributed by atoms with Gasteiger partial charge in [0.05, 0.1) is 22.4 Å². The molecule has 0 fully saturated rings. The first-order valence-corrected chi connectivity index (χ1v) is 15.0. The number of hydrogen-bond donors (Lipinski definition) is 0. The number of nitrogens with zero attached hydrogens (tertiary/aromatic N) is 2. The molecule has 7 aromatic carbocycles. The maximum absolute atomic E-state index is 5.14. The molecule has 0 bridgehead atoms. The first-order chi connectivity index (χ1) is 21.8. The summed E-state index contributed by atoms with van der Waals surface area (Å²) in [5, 5.41) is 9.59. The average Bonchev–Trinajstić information content (AvgIpc) is 3.09. The smallest absolute Gasteiger partial charge is 0.0715 e. The molecule has 2 heteroatoms. The van der Waals surface area contributed by atoms with Crippen molar-refractivity contribution in [1.29, 1.82) is 0 Å². The van der Waals surface area contributed by atoms with Gasteiger partial charge >= 0.3 is 0 Å². The van der Waals surface area contributed by atoms with Crippen molar-refractivity contribution in [3.05, 3.63) is 158 Å². The number of pyridine rings is 2. The van der Waals surface area contributed by atoms with E-state index in [-0.39, 0.29) is 0 Å². The largest absolute Gasteiger partial charge is 0.248 e. The van der Waals surface area contributed by atoms with E-state index in [1.165, 1.54) is 43.4 Å². The summed E-state index contributed by atoms with van der Waals surface area (Å²) >= 11 is 0. The molecule has 0 saturated heterocycles. The second-order valence-electron chi connectivity index (χ2n) is 11.5. The van der Waals surface area contributed by atoms with Crippen LogP contribution in [0.5, 0.6) is 0 Å². The van der Waals surface area contributed by atoms with E-state index in [2.05, 4.69) is 158 Å². The molecule has 0 saturated carbocycles. The Hall–Kier alpha value is -5.86. The zero-order valence-electron chi connectivity index (χ0n) is 23.9. The van der Waals surface area contributed by atoms with Crippen LogP contribution < -0.4 is 0 Å². The van der Waals surface area contributed by atoms with Crippen LogP contribution >= 0.6 is 0 Å². The normalized spacial score (nSPS) is 11.6. The summed E-state index contributed by atoms with van der Waals surface area (Å²) in [7, 11) is 0. The predicted octanol–water partition coefficient (Wildman–Crippen LogP) is 11.2. The SMILES string of the molecule is c1cc(-c2ccc3cc4ccccc4cc3n2)cc(-c2ccc(-c3ccc4cc5ccccc5cc4n3)c3ccccc23)c1. The fourth-order valence-corrected chi connectivity index (χ4v) is 6.55. The van der Waals surface area contributed by atoms with Gasteiger partial charge in [0, 0.05) is 21.9 Å². The molecule has 0 aliphatic rings. The minimum atomic E-state index is 0.975. The number of rotatable bonds is 3. The van der Waals surface area contributed by atoms with E-state index in [9.17, 15) is 0 Å². The maximum Gasteiger partial charge on any atom is 0.0715 e. The third-order valence-corrected chi connectivity index (χ3v) is 8.78. The molecule has 0 radical (unpaired) electrons. The molecule has 0 aliphatic heterocycles. The molecule has 2 aromatic heterocycles. The summed E-state index contributed by atoms with van der Waals surface area (Å²) in [4.78, 5) is 10.2. The van der Waals surface area contributed by atoms with Crippen LogP contribution in [-0.4, -0.2) is 9.97 Å². The first kappa shape index (κ1) is 24.7. The maximum atomic E-state index is 5.14. The van der Waals surface area contributed by atoms with Gasteiger partial charge in [-0.2, -0.15) is 0 Å². The lowest BCUT2D eigenvalue weighted by atomic mass is 9.92. The zero-order chi connectivity index (χ0) is 29.0. The summed E-state index contributed by atoms with van der Waals surface area (Å²) < 4.78 is 0. The van der Waals surface area contributed by atoms with Crippen molar-refractivity contribution in [2.75, 3.05) is 0 Å². The summed E-state index contributed by atoms with van der Waals surface area (Å²) in [6, 6.07) is 56.3. The van der Waals surface area contributed by atoms with Crippen molar-refractivity contribution in [2.24, 2.45) is 0 Å². The highest BCUT2D eigenvalue weighted by Crippen LogP contribution is 2.37. The zero-order valence-corrected chi connectivity index (χ0v) is 23.9. The van der Waals surface area contributed by atoms with Crippen molar-refractivity contribution in [3.63, 3.8) is 0 Å². The molecule has 204 valence electrons. The third-order valence-electron chi connectivity index (χ3n) is 8.78. The van der Waals surface area contributed by atoms with Gasteiger partial charge in [0.25, 0.3) is 0 Å². The van der Waals surface area contributed by atoms with Crippen LogP contribution in [-0.2, 0) is 0 Å². The Kier molecular flexibility index (Phi) is 5.54. The van der Waals surface area contributed by atoms with E-state index in [0.717, 1.165) is 44.3 Å². The summed E-state index contributed by atoms with van der Waals surface area (Å²) in [5.74, 6) is 0. The van der Waals surface area contributed by atoms with E-state index >= 15 is 0 Å². The lowest BCUT2D eigenvalue weighted by Crippen LogP contribution is -1.90. The molecule has 0 spiro atoms. The van der Waals surface area contributed by atoms with E-state index in [1.54, 1.807) is 0 Å². The monoisotopic (exact) mass is 558 g/mol. The molecule has 0 unspecified atom stereocenters. The first-order valence-electron chi connectivity index (χ1n) is 15.0. The molecule has 9 aromatic rings. The molecule has 0 amide bonds. The van der Waals surface area contributed by atoms with Crippen LogP contribution in [0.2, 0.25) is 0 Å². The number of fused-ring (bicyclic) bond motifs is 5. The van der Waals surface area contributed by atoms with Gasteiger partial charge < -0.3 is 0 Å². The van der Waals surface area contributed by atoms with Crippen molar-refractivity contribution >= 4 is 54.1 Å². The second kappa shape index (κ2) is 9.86. The van der Waals surface area contributed by atoms with Gasteiger partial charge in [0.2, 0.25) is 0 Å². The van der Waals surface area contributed by atoms with Crippen molar-refractivity contribution in [3.8, 4) is 33.6 Å². The Morgan fingerprint density at radius 2 is 0.795 bits per heavy atom. The van der Waals surface area contributed by atoms with Crippen LogP contribution in [0.3, 0.4) is 0 Å². The predicted molar refractivity (Wildman–Crippen MR) is 186 cm³/mol. The highest BCUT2D eigenvalue weighted by Gasteiger charge is 2.13. The van der Waals surface area contributed by atoms with Gasteiger partial charge in [-0.25, -0.2) is 9.97 Å². The Labute approximate surface area is 254 Å². The quantitative estimate of drug-likeness (QED) is 0.202. The lowest BCUT2D eigenvalue weighted by Gasteiger charge is -2.13. The van der Waals surface area contributed by atoms with Crippen molar-refractivity contribution in [1.82, 2.24) is 9.97 Å². The number of benzene rings is 7. The highest BCUT2D eigenvalue weighted by atomic mass is 14.7. The van der Waals surface area contributed by atoms with Crippen LogP contribution in [0.4, 0.5) is 0 Å². The molecule has 9 rings (SSSR count). The van der Waals surface area contributed by atoms with E-state index in [0.29, 0.717) is 0 Å². The molecule has 0 N–H and O–H groups in total. The molecule has 2 heterocycles. The van der Waals surface area contributed by atoms with Crippen molar-refractivity contribution in [2.45, 2.75) is 0 Å². The van der Waals surface area contributed by atoms with Crippen molar-refractivity contribution < 1.29 is 0 Å². The lowest BCUT2D eigenvalue weighted by molar-refractivity contribution is 1.40. The second-order valence-corrected chi connectivity index (χ2v) is 11.5. The van der Waals surface area contributed by atoms with Gasteiger partial charge in [-0.05, 0) is 85.9 Å². The van der Waals surface area contributed by atoms with Crippen LogP contribution in [0.25, 0.3) is 87.8 Å². The van der Waals surface area contributed by atoms with Gasteiger partial charge in [0.15, 0.2) is 0 Å². The fourth-order valence-electron chi connectivity index (χ4n) is 6.55. The minimum absolute atomic E-state index is 0.975. The van der Waals surface area contributed by atoms with Crippen LogP contribution in [0, 0.1) is 0 Å². The Morgan fingerprint density at radius 1 is 0.295 bits per heavy atom. The van der Waals surface area contributed by atoms with E-state index in [4.69, 9.17) is 9.97 Å². The molecule has 44 heavy (non-hydrogen) atoms. The van der Waals surface area contributed by atoms with Gasteiger partial charge in [-0.3, -0.25) is 0 Å². The summed E-state index contributed by atoms with van der Waals surface area (Å²) in [6.07, 6.45) is 0. The Bertz CT molecular complexity index is 2560.